The van der Waals surface area contributed by atoms with E-state index < -0.39 is 0 Å². The molecule has 1 atom stereocenters. The molecule has 1 aliphatic heterocycles. The SMILES string of the molecule is NC[C@H]1CCc2cccc(-c3c(Cl)cc(Cl)cc3Cl)c2O1. The molecule has 21 heavy (non-hydrogen) atoms. The highest BCUT2D eigenvalue weighted by molar-refractivity contribution is 6.42. The zero-order chi connectivity index (χ0) is 15.0. The lowest BCUT2D eigenvalue weighted by atomic mass is 9.95. The lowest BCUT2D eigenvalue weighted by Gasteiger charge is -2.27. The summed E-state index contributed by atoms with van der Waals surface area (Å²) in [6, 6.07) is 9.38. The fourth-order valence-electron chi connectivity index (χ4n) is 2.63. The minimum Gasteiger partial charge on any atom is -0.488 e. The summed E-state index contributed by atoms with van der Waals surface area (Å²) in [6.45, 7) is 0.496. The van der Waals surface area contributed by atoms with Gasteiger partial charge in [-0.25, -0.2) is 0 Å². The molecule has 2 nitrogen and oxygen atoms in total. The van der Waals surface area contributed by atoms with Crippen molar-refractivity contribution in [2.45, 2.75) is 18.9 Å². The van der Waals surface area contributed by atoms with Gasteiger partial charge in [0.2, 0.25) is 0 Å². The minimum absolute atomic E-state index is 0.0310. The molecule has 0 spiro atoms. The Balaban J connectivity index is 2.17. The van der Waals surface area contributed by atoms with E-state index in [1.165, 1.54) is 0 Å². The van der Waals surface area contributed by atoms with Gasteiger partial charge in [-0.2, -0.15) is 0 Å². The Morgan fingerprint density at radius 3 is 2.52 bits per heavy atom. The molecule has 0 aromatic heterocycles. The molecule has 5 heteroatoms. The number of aryl methyl sites for hydroxylation is 1. The van der Waals surface area contributed by atoms with Crippen LogP contribution in [0.2, 0.25) is 15.1 Å². The van der Waals surface area contributed by atoms with Gasteiger partial charge in [0.05, 0.1) is 10.0 Å². The lowest BCUT2D eigenvalue weighted by Crippen LogP contribution is -2.30. The Morgan fingerprint density at radius 2 is 1.86 bits per heavy atom. The lowest BCUT2D eigenvalue weighted by molar-refractivity contribution is 0.182. The van der Waals surface area contributed by atoms with Crippen molar-refractivity contribution in [1.82, 2.24) is 0 Å². The molecule has 0 unspecified atom stereocenters. The number of rotatable bonds is 2. The van der Waals surface area contributed by atoms with Crippen molar-refractivity contribution in [3.63, 3.8) is 0 Å². The molecule has 2 aromatic rings. The van der Waals surface area contributed by atoms with Crippen molar-refractivity contribution >= 4 is 34.8 Å². The van der Waals surface area contributed by atoms with Crippen LogP contribution in [0.4, 0.5) is 0 Å². The molecule has 0 bridgehead atoms. The van der Waals surface area contributed by atoms with Gasteiger partial charge in [0.25, 0.3) is 0 Å². The predicted molar refractivity (Wildman–Crippen MR) is 88.7 cm³/mol. The Labute approximate surface area is 138 Å². The van der Waals surface area contributed by atoms with Crippen LogP contribution >= 0.6 is 34.8 Å². The van der Waals surface area contributed by atoms with Crippen LogP contribution in [0, 0.1) is 0 Å². The number of halogens is 3. The van der Waals surface area contributed by atoms with E-state index in [1.54, 1.807) is 12.1 Å². The van der Waals surface area contributed by atoms with E-state index in [1.807, 2.05) is 12.1 Å². The van der Waals surface area contributed by atoms with Gasteiger partial charge in [0, 0.05) is 22.7 Å². The molecule has 2 N–H and O–H groups in total. The van der Waals surface area contributed by atoms with Crippen LogP contribution in [0.3, 0.4) is 0 Å². The number of para-hydroxylation sites is 1. The summed E-state index contributed by atoms with van der Waals surface area (Å²) in [5, 5.41) is 1.54. The number of nitrogens with two attached hydrogens (primary N) is 1. The summed E-state index contributed by atoms with van der Waals surface area (Å²) in [7, 11) is 0. The minimum atomic E-state index is 0.0310. The van der Waals surface area contributed by atoms with E-state index >= 15 is 0 Å². The third-order valence-corrected chi connectivity index (χ3v) is 4.47. The number of fused-ring (bicyclic) bond motifs is 1. The maximum atomic E-state index is 6.33. The van der Waals surface area contributed by atoms with Gasteiger partial charge < -0.3 is 10.5 Å². The first-order valence-electron chi connectivity index (χ1n) is 6.73. The van der Waals surface area contributed by atoms with Gasteiger partial charge in [-0.05, 0) is 30.5 Å². The molecule has 0 fully saturated rings. The first-order valence-corrected chi connectivity index (χ1v) is 7.87. The molecule has 1 aliphatic rings. The predicted octanol–water partition coefficient (Wildman–Crippen LogP) is 4.97. The molecular weight excluding hydrogens is 329 g/mol. The van der Waals surface area contributed by atoms with E-state index in [2.05, 4.69) is 6.07 Å². The monoisotopic (exact) mass is 341 g/mol. The van der Waals surface area contributed by atoms with Crippen molar-refractivity contribution in [3.05, 3.63) is 51.0 Å². The van der Waals surface area contributed by atoms with Crippen molar-refractivity contribution in [2.75, 3.05) is 6.54 Å². The summed E-state index contributed by atoms with van der Waals surface area (Å²) in [6.07, 6.45) is 1.90. The third-order valence-electron chi connectivity index (χ3n) is 3.66. The quantitative estimate of drug-likeness (QED) is 0.836. The van der Waals surface area contributed by atoms with Crippen molar-refractivity contribution in [2.24, 2.45) is 5.73 Å². The molecule has 0 aliphatic carbocycles. The molecule has 0 saturated carbocycles. The van der Waals surface area contributed by atoms with Crippen molar-refractivity contribution in [3.8, 4) is 16.9 Å². The smallest absolute Gasteiger partial charge is 0.130 e. The van der Waals surface area contributed by atoms with Crippen LogP contribution in [0.25, 0.3) is 11.1 Å². The summed E-state index contributed by atoms with van der Waals surface area (Å²) < 4.78 is 6.03. The van der Waals surface area contributed by atoms with E-state index in [4.69, 9.17) is 45.3 Å². The van der Waals surface area contributed by atoms with Crippen molar-refractivity contribution in [1.29, 1.82) is 0 Å². The largest absolute Gasteiger partial charge is 0.488 e. The number of benzene rings is 2. The van der Waals surface area contributed by atoms with Crippen LogP contribution in [0.5, 0.6) is 5.75 Å². The number of hydrogen-bond donors (Lipinski definition) is 1. The summed E-state index contributed by atoms with van der Waals surface area (Å²) in [5.74, 6) is 0.824. The Bertz CT molecular complexity index is 664. The van der Waals surface area contributed by atoms with Gasteiger partial charge in [0.15, 0.2) is 0 Å². The van der Waals surface area contributed by atoms with Crippen LogP contribution in [0.15, 0.2) is 30.3 Å². The van der Waals surface area contributed by atoms with Gasteiger partial charge >= 0.3 is 0 Å². The first kappa shape index (κ1) is 15.0. The highest BCUT2D eigenvalue weighted by atomic mass is 35.5. The molecule has 0 amide bonds. The van der Waals surface area contributed by atoms with Gasteiger partial charge in [-0.1, -0.05) is 53.0 Å². The molecular formula is C16H14Cl3NO. The normalized spacial score (nSPS) is 17.2. The molecule has 110 valence electrons. The Kier molecular flexibility index (Phi) is 4.32. The zero-order valence-corrected chi connectivity index (χ0v) is 13.5. The van der Waals surface area contributed by atoms with Crippen LogP contribution in [0.1, 0.15) is 12.0 Å². The van der Waals surface area contributed by atoms with Crippen LogP contribution < -0.4 is 10.5 Å². The topological polar surface area (TPSA) is 35.2 Å². The third kappa shape index (κ3) is 2.86. The van der Waals surface area contributed by atoms with Gasteiger partial charge in [-0.3, -0.25) is 0 Å². The molecule has 0 radical (unpaired) electrons. The summed E-state index contributed by atoms with van der Waals surface area (Å²) in [5.41, 5.74) is 8.52. The average molecular weight is 343 g/mol. The standard InChI is InChI=1S/C16H14Cl3NO/c17-10-6-13(18)15(14(19)7-10)12-3-1-2-9-4-5-11(8-20)21-16(9)12/h1-3,6-7,11H,4-5,8,20H2/t11-/m1/s1. The molecule has 3 rings (SSSR count). The molecule has 1 heterocycles. The molecule has 2 aromatic carbocycles. The van der Waals surface area contributed by atoms with Gasteiger partial charge in [0.1, 0.15) is 11.9 Å². The maximum Gasteiger partial charge on any atom is 0.130 e. The number of ether oxygens (including phenoxy) is 1. The molecule has 0 saturated heterocycles. The van der Waals surface area contributed by atoms with Crippen molar-refractivity contribution < 1.29 is 4.74 Å². The Morgan fingerprint density at radius 1 is 1.14 bits per heavy atom. The van der Waals surface area contributed by atoms with Gasteiger partial charge in [-0.15, -0.1) is 0 Å². The second-order valence-corrected chi connectivity index (χ2v) is 6.30. The second kappa shape index (κ2) is 6.05. The second-order valence-electron chi connectivity index (χ2n) is 5.05. The maximum absolute atomic E-state index is 6.33. The Hall–Kier alpha value is -0.930. The highest BCUT2D eigenvalue weighted by Gasteiger charge is 2.23. The average Bonchev–Trinajstić information content (AvgIpc) is 2.46. The van der Waals surface area contributed by atoms with E-state index in [9.17, 15) is 0 Å². The highest BCUT2D eigenvalue weighted by Crippen LogP contribution is 2.44. The van der Waals surface area contributed by atoms with Crippen LogP contribution in [-0.2, 0) is 6.42 Å². The summed E-state index contributed by atoms with van der Waals surface area (Å²) in [4.78, 5) is 0. The van der Waals surface area contributed by atoms with Crippen LogP contribution in [-0.4, -0.2) is 12.6 Å². The zero-order valence-electron chi connectivity index (χ0n) is 11.2. The van der Waals surface area contributed by atoms with E-state index in [0.717, 1.165) is 35.3 Å². The fourth-order valence-corrected chi connectivity index (χ4v) is 3.65. The van der Waals surface area contributed by atoms with E-state index in [0.29, 0.717) is 21.6 Å². The first-order chi connectivity index (χ1) is 10.1. The fraction of sp³-hybridized carbons (Fsp3) is 0.250. The number of hydrogen-bond acceptors (Lipinski definition) is 2. The summed E-state index contributed by atoms with van der Waals surface area (Å²) >= 11 is 18.6. The van der Waals surface area contributed by atoms with E-state index in [-0.39, 0.29) is 6.10 Å².